The molecule has 0 saturated heterocycles. The third-order valence-electron chi connectivity index (χ3n) is 3.13. The first-order valence-corrected chi connectivity index (χ1v) is 6.78. The van der Waals surface area contributed by atoms with E-state index in [0.717, 1.165) is 19.4 Å². The van der Waals surface area contributed by atoms with E-state index in [1.165, 1.54) is 5.56 Å². The van der Waals surface area contributed by atoms with Gasteiger partial charge in [-0.3, -0.25) is 4.90 Å². The summed E-state index contributed by atoms with van der Waals surface area (Å²) in [6, 6.07) is 10.2. The third kappa shape index (κ3) is 5.63. The van der Waals surface area contributed by atoms with Crippen molar-refractivity contribution in [2.75, 3.05) is 13.1 Å². The van der Waals surface area contributed by atoms with Crippen LogP contribution in [0.2, 0.25) is 0 Å². The van der Waals surface area contributed by atoms with Gasteiger partial charge < -0.3 is 10.2 Å². The van der Waals surface area contributed by atoms with E-state index in [1.54, 1.807) is 0 Å². The van der Waals surface area contributed by atoms with Gasteiger partial charge in [-0.05, 0) is 18.4 Å². The Hall–Kier alpha value is -0.900. The molecule has 0 fully saturated rings. The van der Waals surface area contributed by atoms with Crippen molar-refractivity contribution in [2.45, 2.75) is 45.4 Å². The number of hydrogen-bond acceptors (Lipinski definition) is 3. The molecule has 2 atom stereocenters. The minimum atomic E-state index is -0.322. The third-order valence-corrected chi connectivity index (χ3v) is 3.13. The number of aliphatic hydroxyl groups is 2. The molecule has 18 heavy (non-hydrogen) atoms. The van der Waals surface area contributed by atoms with Gasteiger partial charge in [-0.2, -0.15) is 0 Å². The van der Waals surface area contributed by atoms with Crippen molar-refractivity contribution < 1.29 is 10.2 Å². The standard InChI is InChI=1S/C15H25NO2/c1-3-14(17)11-16(12-15(18)4-2)10-13-8-6-5-7-9-13/h5-9,14-15,17-18H,3-4,10-12H2,1-2H3/t14-,15-/m0/s1. The minimum Gasteiger partial charge on any atom is -0.392 e. The second-order valence-corrected chi connectivity index (χ2v) is 4.80. The molecule has 0 aromatic heterocycles. The zero-order valence-electron chi connectivity index (χ0n) is 11.4. The molecule has 0 saturated carbocycles. The van der Waals surface area contributed by atoms with Crippen molar-refractivity contribution in [3.05, 3.63) is 35.9 Å². The van der Waals surface area contributed by atoms with Gasteiger partial charge in [0.05, 0.1) is 12.2 Å². The van der Waals surface area contributed by atoms with E-state index in [1.807, 2.05) is 32.0 Å². The lowest BCUT2D eigenvalue weighted by atomic mass is 10.1. The van der Waals surface area contributed by atoms with Gasteiger partial charge in [0.25, 0.3) is 0 Å². The fraction of sp³-hybridized carbons (Fsp3) is 0.600. The molecule has 0 spiro atoms. The van der Waals surface area contributed by atoms with E-state index in [-0.39, 0.29) is 12.2 Å². The molecule has 0 heterocycles. The topological polar surface area (TPSA) is 43.7 Å². The van der Waals surface area contributed by atoms with Crippen LogP contribution in [0, 0.1) is 0 Å². The van der Waals surface area contributed by atoms with Crippen LogP contribution < -0.4 is 0 Å². The molecule has 0 radical (unpaired) electrons. The Morgan fingerprint density at radius 3 is 1.89 bits per heavy atom. The minimum absolute atomic E-state index is 0.322. The molecule has 102 valence electrons. The van der Waals surface area contributed by atoms with Gasteiger partial charge in [-0.25, -0.2) is 0 Å². The maximum Gasteiger partial charge on any atom is 0.0664 e. The summed E-state index contributed by atoms with van der Waals surface area (Å²) in [5.74, 6) is 0. The fourth-order valence-electron chi connectivity index (χ4n) is 1.90. The summed E-state index contributed by atoms with van der Waals surface area (Å²) in [6.07, 6.45) is 0.844. The normalized spacial score (nSPS) is 14.7. The molecule has 0 unspecified atom stereocenters. The molecule has 0 aliphatic heterocycles. The Morgan fingerprint density at radius 1 is 0.944 bits per heavy atom. The van der Waals surface area contributed by atoms with E-state index in [2.05, 4.69) is 17.0 Å². The summed E-state index contributed by atoms with van der Waals surface area (Å²) in [6.45, 7) is 5.95. The number of aliphatic hydroxyl groups excluding tert-OH is 2. The van der Waals surface area contributed by atoms with Crippen molar-refractivity contribution in [3.8, 4) is 0 Å². The van der Waals surface area contributed by atoms with Gasteiger partial charge in [-0.15, -0.1) is 0 Å². The Kier molecular flexibility index (Phi) is 6.94. The van der Waals surface area contributed by atoms with Crippen molar-refractivity contribution in [1.82, 2.24) is 4.90 Å². The van der Waals surface area contributed by atoms with E-state index in [4.69, 9.17) is 0 Å². The van der Waals surface area contributed by atoms with Gasteiger partial charge in [-0.1, -0.05) is 44.2 Å². The number of nitrogens with zero attached hydrogens (tertiary/aromatic N) is 1. The van der Waals surface area contributed by atoms with E-state index in [9.17, 15) is 10.2 Å². The molecule has 0 aliphatic rings. The fourth-order valence-corrected chi connectivity index (χ4v) is 1.90. The van der Waals surface area contributed by atoms with Crippen LogP contribution in [0.1, 0.15) is 32.3 Å². The number of benzene rings is 1. The SMILES string of the molecule is CC[C@H](O)CN(Cc1ccccc1)C[C@@H](O)CC. The summed E-state index contributed by atoms with van der Waals surface area (Å²) < 4.78 is 0. The Balaban J connectivity index is 2.59. The lowest BCUT2D eigenvalue weighted by Crippen LogP contribution is -2.37. The second kappa shape index (κ2) is 8.25. The molecule has 0 bridgehead atoms. The van der Waals surface area contributed by atoms with E-state index in [0.29, 0.717) is 13.1 Å². The van der Waals surface area contributed by atoms with E-state index >= 15 is 0 Å². The molecule has 0 amide bonds. The predicted octanol–water partition coefficient (Wildman–Crippen LogP) is 2.03. The molecule has 3 heteroatoms. The van der Waals surface area contributed by atoms with Crippen LogP contribution in [-0.4, -0.2) is 40.4 Å². The van der Waals surface area contributed by atoms with Gasteiger partial charge in [0.2, 0.25) is 0 Å². The van der Waals surface area contributed by atoms with E-state index < -0.39 is 0 Å². The highest BCUT2D eigenvalue weighted by atomic mass is 16.3. The molecular formula is C15H25NO2. The summed E-state index contributed by atoms with van der Waals surface area (Å²) in [5.41, 5.74) is 1.21. The van der Waals surface area contributed by atoms with Crippen molar-refractivity contribution in [1.29, 1.82) is 0 Å². The lowest BCUT2D eigenvalue weighted by Gasteiger charge is -2.26. The Labute approximate surface area is 110 Å². The molecule has 0 aliphatic carbocycles. The summed E-state index contributed by atoms with van der Waals surface area (Å²) in [4.78, 5) is 2.12. The van der Waals surface area contributed by atoms with Crippen LogP contribution in [0.15, 0.2) is 30.3 Å². The first kappa shape index (κ1) is 15.2. The predicted molar refractivity (Wildman–Crippen MR) is 74.3 cm³/mol. The van der Waals surface area contributed by atoms with Crippen LogP contribution in [0.3, 0.4) is 0 Å². The van der Waals surface area contributed by atoms with Gasteiger partial charge in [0, 0.05) is 19.6 Å². The summed E-state index contributed by atoms with van der Waals surface area (Å²) in [5, 5.41) is 19.5. The van der Waals surface area contributed by atoms with Crippen LogP contribution >= 0.6 is 0 Å². The van der Waals surface area contributed by atoms with Crippen LogP contribution in [0.5, 0.6) is 0 Å². The maximum absolute atomic E-state index is 9.77. The van der Waals surface area contributed by atoms with Crippen molar-refractivity contribution in [2.24, 2.45) is 0 Å². The van der Waals surface area contributed by atoms with Crippen LogP contribution in [0.25, 0.3) is 0 Å². The molecule has 1 aromatic rings. The highest BCUT2D eigenvalue weighted by molar-refractivity contribution is 5.14. The zero-order chi connectivity index (χ0) is 13.4. The first-order chi connectivity index (χ1) is 8.65. The quantitative estimate of drug-likeness (QED) is 0.743. The monoisotopic (exact) mass is 251 g/mol. The van der Waals surface area contributed by atoms with Gasteiger partial charge in [0.1, 0.15) is 0 Å². The molecule has 3 nitrogen and oxygen atoms in total. The Bertz CT molecular complexity index is 304. The molecule has 1 rings (SSSR count). The largest absolute Gasteiger partial charge is 0.392 e. The molecule has 2 N–H and O–H groups in total. The van der Waals surface area contributed by atoms with Crippen LogP contribution in [0.4, 0.5) is 0 Å². The average Bonchev–Trinajstić information content (AvgIpc) is 2.39. The first-order valence-electron chi connectivity index (χ1n) is 6.78. The van der Waals surface area contributed by atoms with Gasteiger partial charge >= 0.3 is 0 Å². The van der Waals surface area contributed by atoms with Crippen molar-refractivity contribution in [3.63, 3.8) is 0 Å². The van der Waals surface area contributed by atoms with Crippen LogP contribution in [-0.2, 0) is 6.54 Å². The molecule has 1 aromatic carbocycles. The lowest BCUT2D eigenvalue weighted by molar-refractivity contribution is 0.0624. The zero-order valence-corrected chi connectivity index (χ0v) is 11.4. The molecular weight excluding hydrogens is 226 g/mol. The summed E-state index contributed by atoms with van der Waals surface area (Å²) >= 11 is 0. The highest BCUT2D eigenvalue weighted by Gasteiger charge is 2.14. The number of hydrogen-bond donors (Lipinski definition) is 2. The smallest absolute Gasteiger partial charge is 0.0664 e. The maximum atomic E-state index is 9.77. The second-order valence-electron chi connectivity index (χ2n) is 4.80. The summed E-state index contributed by atoms with van der Waals surface area (Å²) in [7, 11) is 0. The number of rotatable bonds is 8. The van der Waals surface area contributed by atoms with Crippen molar-refractivity contribution >= 4 is 0 Å². The highest BCUT2D eigenvalue weighted by Crippen LogP contribution is 2.08. The van der Waals surface area contributed by atoms with Gasteiger partial charge in [0.15, 0.2) is 0 Å². The average molecular weight is 251 g/mol. The Morgan fingerprint density at radius 2 is 1.44 bits per heavy atom.